The van der Waals surface area contributed by atoms with Gasteiger partial charge in [-0.15, -0.1) is 0 Å². The molecule has 0 radical (unpaired) electrons. The summed E-state index contributed by atoms with van der Waals surface area (Å²) in [5, 5.41) is 9.03. The molecule has 0 aromatic carbocycles. The van der Waals surface area contributed by atoms with E-state index in [-0.39, 0.29) is 11.6 Å². The Morgan fingerprint density at radius 1 is 1.62 bits per heavy atom. The number of imidazole rings is 1. The lowest BCUT2D eigenvalue weighted by Crippen LogP contribution is -2.19. The van der Waals surface area contributed by atoms with Crippen molar-refractivity contribution >= 4 is 0 Å². The minimum atomic E-state index is -0.112. The van der Waals surface area contributed by atoms with Crippen LogP contribution in [-0.4, -0.2) is 9.55 Å². The number of unbranched alkanes of at least 4 members (excludes halogenated alkanes) is 1. The predicted octanol–water partition coefficient (Wildman–Crippen LogP) is 1.92. The fourth-order valence-electron chi connectivity index (χ4n) is 2.38. The lowest BCUT2D eigenvalue weighted by atomic mass is 9.91. The molecule has 0 saturated heterocycles. The maximum Gasteiger partial charge on any atom is 0.325 e. The lowest BCUT2D eigenvalue weighted by molar-refractivity contribution is 0.554. The minimum absolute atomic E-state index is 0.0411. The van der Waals surface area contributed by atoms with Gasteiger partial charge in [0.2, 0.25) is 0 Å². The Kier molecular flexibility index (Phi) is 3.14. The zero-order valence-electron chi connectivity index (χ0n) is 9.62. The van der Waals surface area contributed by atoms with Gasteiger partial charge in [0.1, 0.15) is 0 Å². The van der Waals surface area contributed by atoms with E-state index in [0.717, 1.165) is 50.0 Å². The van der Waals surface area contributed by atoms with Gasteiger partial charge in [-0.05, 0) is 25.7 Å². The molecule has 86 valence electrons. The van der Waals surface area contributed by atoms with E-state index in [0.29, 0.717) is 0 Å². The second-order valence-electron chi connectivity index (χ2n) is 4.37. The molecule has 1 aliphatic carbocycles. The second kappa shape index (κ2) is 4.56. The van der Waals surface area contributed by atoms with Crippen LogP contribution in [0.1, 0.15) is 49.9 Å². The van der Waals surface area contributed by atoms with E-state index < -0.39 is 0 Å². The van der Waals surface area contributed by atoms with Gasteiger partial charge in [0.25, 0.3) is 0 Å². The van der Waals surface area contributed by atoms with Crippen LogP contribution in [0, 0.1) is 11.3 Å². The maximum atomic E-state index is 11.8. The number of aromatic nitrogens is 2. The summed E-state index contributed by atoms with van der Waals surface area (Å²) in [6.07, 6.45) is 4.90. The summed E-state index contributed by atoms with van der Waals surface area (Å²) in [7, 11) is 0. The first-order valence-electron chi connectivity index (χ1n) is 5.99. The first-order chi connectivity index (χ1) is 7.77. The van der Waals surface area contributed by atoms with Crippen LogP contribution in [0.4, 0.5) is 0 Å². The summed E-state index contributed by atoms with van der Waals surface area (Å²) in [4.78, 5) is 14.6. The van der Waals surface area contributed by atoms with Crippen molar-refractivity contribution in [1.82, 2.24) is 9.55 Å². The summed E-state index contributed by atoms with van der Waals surface area (Å²) >= 11 is 0. The summed E-state index contributed by atoms with van der Waals surface area (Å²) < 4.78 is 1.82. The zero-order valence-corrected chi connectivity index (χ0v) is 9.62. The normalized spacial score (nSPS) is 19.1. The minimum Gasteiger partial charge on any atom is -0.308 e. The van der Waals surface area contributed by atoms with E-state index in [1.165, 1.54) is 0 Å². The van der Waals surface area contributed by atoms with E-state index in [9.17, 15) is 4.79 Å². The average Bonchev–Trinajstić information content (AvgIpc) is 2.62. The summed E-state index contributed by atoms with van der Waals surface area (Å²) in [6, 6.07) is 2.27. The lowest BCUT2D eigenvalue weighted by Gasteiger charge is -2.17. The number of fused-ring (bicyclic) bond motifs is 1. The number of nitrogens with zero attached hydrogens (tertiary/aromatic N) is 2. The Balaban J connectivity index is 2.37. The van der Waals surface area contributed by atoms with E-state index in [1.807, 2.05) is 4.57 Å². The van der Waals surface area contributed by atoms with Gasteiger partial charge in [-0.3, -0.25) is 4.57 Å². The molecule has 1 aromatic rings. The van der Waals surface area contributed by atoms with Crippen molar-refractivity contribution in [1.29, 1.82) is 5.26 Å². The van der Waals surface area contributed by atoms with Crippen LogP contribution in [-0.2, 0) is 13.0 Å². The van der Waals surface area contributed by atoms with Gasteiger partial charge in [-0.1, -0.05) is 13.3 Å². The van der Waals surface area contributed by atoms with E-state index >= 15 is 0 Å². The van der Waals surface area contributed by atoms with Gasteiger partial charge < -0.3 is 4.98 Å². The molecule has 4 nitrogen and oxygen atoms in total. The van der Waals surface area contributed by atoms with Crippen molar-refractivity contribution < 1.29 is 0 Å². The monoisotopic (exact) mass is 219 g/mol. The molecular weight excluding hydrogens is 202 g/mol. The van der Waals surface area contributed by atoms with Gasteiger partial charge in [-0.25, -0.2) is 4.79 Å². The number of nitrogens with one attached hydrogen (secondary N) is 1. The molecule has 0 fully saturated rings. The van der Waals surface area contributed by atoms with Crippen molar-refractivity contribution in [2.75, 3.05) is 0 Å². The number of H-pyrrole nitrogens is 1. The molecule has 2 rings (SSSR count). The van der Waals surface area contributed by atoms with E-state index in [2.05, 4.69) is 18.0 Å². The molecular formula is C12H17N3O. The first-order valence-corrected chi connectivity index (χ1v) is 5.99. The van der Waals surface area contributed by atoms with E-state index in [4.69, 9.17) is 5.26 Å². The van der Waals surface area contributed by atoms with Crippen molar-refractivity contribution in [3.05, 3.63) is 21.9 Å². The van der Waals surface area contributed by atoms with Gasteiger partial charge in [0.05, 0.1) is 17.7 Å². The standard InChI is InChI=1S/C12H17N3O/c1-2-3-7-15-10-6-4-5-9(8-13)11(10)14-12(15)16/h9H,2-7H2,1H3,(H,14,16). The number of nitriles is 1. The Morgan fingerprint density at radius 2 is 2.44 bits per heavy atom. The molecule has 0 bridgehead atoms. The van der Waals surface area contributed by atoms with Crippen molar-refractivity contribution in [3.63, 3.8) is 0 Å². The smallest absolute Gasteiger partial charge is 0.308 e. The highest BCUT2D eigenvalue weighted by molar-refractivity contribution is 5.26. The zero-order chi connectivity index (χ0) is 11.5. The number of hydrogen-bond donors (Lipinski definition) is 1. The summed E-state index contributed by atoms with van der Waals surface area (Å²) in [6.45, 7) is 2.89. The van der Waals surface area contributed by atoms with Crippen LogP contribution in [0.15, 0.2) is 4.79 Å². The van der Waals surface area contributed by atoms with Crippen LogP contribution >= 0.6 is 0 Å². The van der Waals surface area contributed by atoms with Gasteiger partial charge in [-0.2, -0.15) is 5.26 Å². The molecule has 0 aliphatic heterocycles. The molecule has 0 saturated carbocycles. The molecule has 1 aromatic heterocycles. The van der Waals surface area contributed by atoms with Crippen LogP contribution in [0.3, 0.4) is 0 Å². The van der Waals surface area contributed by atoms with Gasteiger partial charge in [0, 0.05) is 12.2 Å². The van der Waals surface area contributed by atoms with Crippen LogP contribution in [0.5, 0.6) is 0 Å². The van der Waals surface area contributed by atoms with Gasteiger partial charge in [0.15, 0.2) is 0 Å². The average molecular weight is 219 g/mol. The number of hydrogen-bond acceptors (Lipinski definition) is 2. The highest BCUT2D eigenvalue weighted by Gasteiger charge is 2.25. The Morgan fingerprint density at radius 3 is 3.12 bits per heavy atom. The third-order valence-corrected chi connectivity index (χ3v) is 3.27. The SMILES string of the molecule is CCCCn1c2c([nH]c1=O)C(C#N)CCC2. The molecule has 1 N–H and O–H groups in total. The summed E-state index contributed by atoms with van der Waals surface area (Å²) in [5.74, 6) is -0.112. The van der Waals surface area contributed by atoms with Crippen molar-refractivity contribution in [2.45, 2.75) is 51.5 Å². The van der Waals surface area contributed by atoms with Crippen molar-refractivity contribution in [3.8, 4) is 6.07 Å². The third-order valence-electron chi connectivity index (χ3n) is 3.27. The number of rotatable bonds is 3. The molecule has 16 heavy (non-hydrogen) atoms. The summed E-state index contributed by atoms with van der Waals surface area (Å²) in [5.41, 5.74) is 1.90. The number of aromatic amines is 1. The van der Waals surface area contributed by atoms with Crippen LogP contribution in [0.25, 0.3) is 0 Å². The molecule has 1 aliphatic rings. The molecule has 0 amide bonds. The predicted molar refractivity (Wildman–Crippen MR) is 61.3 cm³/mol. The molecule has 1 heterocycles. The fraction of sp³-hybridized carbons (Fsp3) is 0.667. The van der Waals surface area contributed by atoms with Gasteiger partial charge >= 0.3 is 5.69 Å². The van der Waals surface area contributed by atoms with E-state index in [1.54, 1.807) is 0 Å². The quantitative estimate of drug-likeness (QED) is 0.844. The van der Waals surface area contributed by atoms with Crippen LogP contribution < -0.4 is 5.69 Å². The third kappa shape index (κ3) is 1.78. The molecule has 1 atom stereocenters. The molecule has 1 unspecified atom stereocenters. The Hall–Kier alpha value is -1.50. The maximum absolute atomic E-state index is 11.8. The molecule has 0 spiro atoms. The van der Waals surface area contributed by atoms with Crippen LogP contribution in [0.2, 0.25) is 0 Å². The molecule has 4 heteroatoms. The highest BCUT2D eigenvalue weighted by atomic mass is 16.1. The Labute approximate surface area is 94.9 Å². The van der Waals surface area contributed by atoms with Crippen molar-refractivity contribution in [2.24, 2.45) is 0 Å². The second-order valence-corrected chi connectivity index (χ2v) is 4.37. The highest BCUT2D eigenvalue weighted by Crippen LogP contribution is 2.28. The fourth-order valence-corrected chi connectivity index (χ4v) is 2.38. The Bertz CT molecular complexity index is 464. The largest absolute Gasteiger partial charge is 0.325 e. The first kappa shape index (κ1) is 11.0. The topological polar surface area (TPSA) is 61.6 Å².